The summed E-state index contributed by atoms with van der Waals surface area (Å²) in [6, 6.07) is 18.2. The molecule has 0 spiro atoms. The summed E-state index contributed by atoms with van der Waals surface area (Å²) in [5, 5.41) is 13.8. The summed E-state index contributed by atoms with van der Waals surface area (Å²) in [5.74, 6) is -0.624. The molecule has 1 aromatic heterocycles. The topological polar surface area (TPSA) is 119 Å². The van der Waals surface area contributed by atoms with Gasteiger partial charge in [0, 0.05) is 18.3 Å². The Morgan fingerprint density at radius 1 is 1.00 bits per heavy atom. The molecule has 0 saturated heterocycles. The van der Waals surface area contributed by atoms with Crippen molar-refractivity contribution in [1.82, 2.24) is 4.98 Å². The van der Waals surface area contributed by atoms with Crippen LogP contribution in [0.3, 0.4) is 0 Å². The molecule has 0 aliphatic heterocycles. The van der Waals surface area contributed by atoms with Crippen molar-refractivity contribution in [3.05, 3.63) is 100 Å². The van der Waals surface area contributed by atoms with Gasteiger partial charge in [0.25, 0.3) is 11.6 Å². The van der Waals surface area contributed by atoms with E-state index in [1.165, 1.54) is 29.5 Å². The van der Waals surface area contributed by atoms with Gasteiger partial charge in [0.1, 0.15) is 0 Å². The first kappa shape index (κ1) is 22.3. The fourth-order valence-electron chi connectivity index (χ4n) is 3.11. The fourth-order valence-corrected chi connectivity index (χ4v) is 5.38. The lowest BCUT2D eigenvalue weighted by atomic mass is 10.1. The maximum Gasteiger partial charge on any atom is 0.269 e. The van der Waals surface area contributed by atoms with Crippen LogP contribution in [0.15, 0.2) is 88.8 Å². The SMILES string of the molecule is Cc1ccc(-c2cnc(NC(=O)c3ccccc3S(=O)(=O)c3ccc([N+](=O)[O-])cc3)s2)cc1. The molecule has 1 heterocycles. The molecule has 10 heteroatoms. The number of hydrogen-bond acceptors (Lipinski definition) is 7. The second kappa shape index (κ2) is 8.93. The van der Waals surface area contributed by atoms with Gasteiger partial charge in [0.05, 0.1) is 25.2 Å². The van der Waals surface area contributed by atoms with E-state index in [2.05, 4.69) is 10.3 Å². The Hall–Kier alpha value is -3.89. The molecule has 1 amide bonds. The van der Waals surface area contributed by atoms with Gasteiger partial charge in [0.2, 0.25) is 9.84 Å². The number of benzene rings is 3. The lowest BCUT2D eigenvalue weighted by molar-refractivity contribution is -0.384. The van der Waals surface area contributed by atoms with Crippen molar-refractivity contribution in [2.75, 3.05) is 5.32 Å². The Bertz CT molecular complexity index is 1440. The summed E-state index contributed by atoms with van der Waals surface area (Å²) in [4.78, 5) is 27.9. The average molecular weight is 480 g/mol. The number of sulfone groups is 1. The zero-order chi connectivity index (χ0) is 23.6. The summed E-state index contributed by atoms with van der Waals surface area (Å²) in [7, 11) is -4.09. The van der Waals surface area contributed by atoms with E-state index in [1.54, 1.807) is 12.3 Å². The summed E-state index contributed by atoms with van der Waals surface area (Å²) in [6.45, 7) is 1.99. The average Bonchev–Trinajstić information content (AvgIpc) is 3.28. The predicted molar refractivity (Wildman–Crippen MR) is 125 cm³/mol. The van der Waals surface area contributed by atoms with E-state index in [1.807, 2.05) is 31.2 Å². The highest BCUT2D eigenvalue weighted by atomic mass is 32.2. The molecule has 0 bridgehead atoms. The van der Waals surface area contributed by atoms with E-state index in [0.29, 0.717) is 5.13 Å². The third-order valence-corrected chi connectivity index (χ3v) is 7.63. The van der Waals surface area contributed by atoms with Crippen LogP contribution < -0.4 is 5.32 Å². The van der Waals surface area contributed by atoms with E-state index >= 15 is 0 Å². The van der Waals surface area contributed by atoms with Crippen molar-refractivity contribution in [3.8, 4) is 10.4 Å². The van der Waals surface area contributed by atoms with Crippen molar-refractivity contribution < 1.29 is 18.1 Å². The molecule has 3 aromatic carbocycles. The van der Waals surface area contributed by atoms with Gasteiger partial charge in [-0.05, 0) is 36.8 Å². The van der Waals surface area contributed by atoms with E-state index in [-0.39, 0.29) is 21.0 Å². The molecular weight excluding hydrogens is 462 g/mol. The van der Waals surface area contributed by atoms with Crippen LogP contribution in [0.25, 0.3) is 10.4 Å². The number of nitro benzene ring substituents is 1. The van der Waals surface area contributed by atoms with Crippen LogP contribution in [-0.4, -0.2) is 24.2 Å². The van der Waals surface area contributed by atoms with Crippen LogP contribution in [0, 0.1) is 17.0 Å². The largest absolute Gasteiger partial charge is 0.298 e. The van der Waals surface area contributed by atoms with Crippen LogP contribution in [0.5, 0.6) is 0 Å². The zero-order valence-electron chi connectivity index (χ0n) is 17.3. The highest BCUT2D eigenvalue weighted by molar-refractivity contribution is 7.91. The Labute approximate surface area is 193 Å². The smallest absolute Gasteiger partial charge is 0.269 e. The van der Waals surface area contributed by atoms with Gasteiger partial charge in [0.15, 0.2) is 5.13 Å². The standard InChI is InChI=1S/C23H17N3O5S2/c1-15-6-8-16(9-7-15)20-14-24-23(32-20)25-22(27)19-4-2-3-5-21(19)33(30,31)18-12-10-17(11-13-18)26(28)29/h2-14H,1H3,(H,24,25,27). The van der Waals surface area contributed by atoms with Crippen LogP contribution in [0.2, 0.25) is 0 Å². The number of amides is 1. The number of anilines is 1. The van der Waals surface area contributed by atoms with Crippen LogP contribution in [0.1, 0.15) is 15.9 Å². The Morgan fingerprint density at radius 3 is 2.33 bits per heavy atom. The van der Waals surface area contributed by atoms with E-state index < -0.39 is 20.7 Å². The highest BCUT2D eigenvalue weighted by Gasteiger charge is 2.25. The number of hydrogen-bond donors (Lipinski definition) is 1. The molecule has 0 saturated carbocycles. The minimum Gasteiger partial charge on any atom is -0.298 e. The number of carbonyl (C=O) groups excluding carboxylic acids is 1. The van der Waals surface area contributed by atoms with E-state index in [0.717, 1.165) is 40.3 Å². The Balaban J connectivity index is 1.61. The Morgan fingerprint density at radius 2 is 1.67 bits per heavy atom. The first-order valence-corrected chi connectivity index (χ1v) is 12.0. The molecule has 166 valence electrons. The molecule has 0 atom stereocenters. The summed E-state index contributed by atoms with van der Waals surface area (Å²) in [5.41, 5.74) is 1.80. The van der Waals surface area contributed by atoms with E-state index in [9.17, 15) is 23.3 Å². The quantitative estimate of drug-likeness (QED) is 0.303. The van der Waals surface area contributed by atoms with Crippen molar-refractivity contribution in [1.29, 1.82) is 0 Å². The zero-order valence-corrected chi connectivity index (χ0v) is 18.9. The molecule has 1 N–H and O–H groups in total. The third kappa shape index (κ3) is 4.66. The van der Waals surface area contributed by atoms with Gasteiger partial charge in [-0.25, -0.2) is 13.4 Å². The second-order valence-electron chi connectivity index (χ2n) is 7.10. The van der Waals surface area contributed by atoms with Gasteiger partial charge in [-0.1, -0.05) is 53.3 Å². The lowest BCUT2D eigenvalue weighted by Crippen LogP contribution is -2.16. The van der Waals surface area contributed by atoms with Crippen molar-refractivity contribution in [3.63, 3.8) is 0 Å². The highest BCUT2D eigenvalue weighted by Crippen LogP contribution is 2.30. The maximum absolute atomic E-state index is 13.1. The molecule has 4 rings (SSSR count). The normalized spacial score (nSPS) is 11.2. The molecule has 0 aliphatic rings. The molecule has 4 aromatic rings. The first-order chi connectivity index (χ1) is 15.8. The van der Waals surface area contributed by atoms with Gasteiger partial charge < -0.3 is 0 Å². The van der Waals surface area contributed by atoms with Crippen molar-refractivity contribution in [2.45, 2.75) is 16.7 Å². The number of aromatic nitrogens is 1. The van der Waals surface area contributed by atoms with Crippen LogP contribution in [0.4, 0.5) is 10.8 Å². The number of nitrogens with zero attached hydrogens (tertiary/aromatic N) is 2. The van der Waals surface area contributed by atoms with Gasteiger partial charge in [-0.2, -0.15) is 0 Å². The molecule has 0 aliphatic carbocycles. The lowest BCUT2D eigenvalue weighted by Gasteiger charge is -2.10. The minimum atomic E-state index is -4.09. The number of rotatable bonds is 6. The molecule has 0 radical (unpaired) electrons. The van der Waals surface area contributed by atoms with Crippen molar-refractivity contribution >= 4 is 37.9 Å². The second-order valence-corrected chi connectivity index (χ2v) is 10.0. The number of nitro groups is 1. The summed E-state index contributed by atoms with van der Waals surface area (Å²) in [6.07, 6.45) is 1.64. The predicted octanol–water partition coefficient (Wildman–Crippen LogP) is 5.11. The number of carbonyl (C=O) groups is 1. The molecule has 8 nitrogen and oxygen atoms in total. The minimum absolute atomic E-state index is 0.0528. The fraction of sp³-hybridized carbons (Fsp3) is 0.0435. The van der Waals surface area contributed by atoms with Crippen LogP contribution >= 0.6 is 11.3 Å². The summed E-state index contributed by atoms with van der Waals surface area (Å²) >= 11 is 1.27. The van der Waals surface area contributed by atoms with Crippen LogP contribution in [-0.2, 0) is 9.84 Å². The monoisotopic (exact) mass is 479 g/mol. The van der Waals surface area contributed by atoms with Gasteiger partial charge in [-0.15, -0.1) is 0 Å². The van der Waals surface area contributed by atoms with Gasteiger partial charge in [-0.3, -0.25) is 20.2 Å². The number of non-ortho nitro benzene ring substituents is 1. The maximum atomic E-state index is 13.1. The molecule has 0 unspecified atom stereocenters. The van der Waals surface area contributed by atoms with E-state index in [4.69, 9.17) is 0 Å². The molecule has 33 heavy (non-hydrogen) atoms. The first-order valence-electron chi connectivity index (χ1n) is 9.68. The Kier molecular flexibility index (Phi) is 6.03. The number of nitrogens with one attached hydrogen (secondary N) is 1. The van der Waals surface area contributed by atoms with Gasteiger partial charge >= 0.3 is 0 Å². The molecular formula is C23H17N3O5S2. The molecule has 0 fully saturated rings. The number of aryl methyl sites for hydroxylation is 1. The van der Waals surface area contributed by atoms with Crippen molar-refractivity contribution in [2.24, 2.45) is 0 Å². The summed E-state index contributed by atoms with van der Waals surface area (Å²) < 4.78 is 26.3. The third-order valence-electron chi connectivity index (χ3n) is 4.84. The number of thiazole rings is 1.